The summed E-state index contributed by atoms with van der Waals surface area (Å²) in [4.78, 5) is 30.9. The third kappa shape index (κ3) is 3.87. The van der Waals surface area contributed by atoms with E-state index in [2.05, 4.69) is 24.0 Å². The predicted molar refractivity (Wildman–Crippen MR) is 128 cm³/mol. The number of ether oxygens (including phenoxy) is 1. The third-order valence-electron chi connectivity index (χ3n) is 8.33. The zero-order valence-corrected chi connectivity index (χ0v) is 20.0. The molecule has 5 atom stereocenters. The lowest BCUT2D eigenvalue weighted by Crippen LogP contribution is -2.61. The molecule has 2 amide bonds. The minimum absolute atomic E-state index is 0.0596. The van der Waals surface area contributed by atoms with Crippen LogP contribution in [0.4, 0.5) is 4.39 Å². The van der Waals surface area contributed by atoms with E-state index >= 15 is 0 Å². The first kappa shape index (κ1) is 22.9. The predicted octanol–water partition coefficient (Wildman–Crippen LogP) is 4.60. The molecule has 2 aromatic rings. The Bertz CT molecular complexity index is 1060. The number of carbonyl (C=O) groups excluding carboxylic acids is 2. The maximum Gasteiger partial charge on any atom is 0.261 e. The van der Waals surface area contributed by atoms with Gasteiger partial charge in [-0.3, -0.25) is 9.59 Å². The fraction of sp³-hybridized carbons (Fsp3) is 0.500. The molecule has 0 N–H and O–H groups in total. The van der Waals surface area contributed by atoms with Crippen LogP contribution in [0.15, 0.2) is 54.6 Å². The number of carbonyl (C=O) groups is 2. The average molecular weight is 465 g/mol. The number of likely N-dealkylation sites (tertiary alicyclic amines) is 2. The van der Waals surface area contributed by atoms with Crippen LogP contribution in [0.5, 0.6) is 5.75 Å². The van der Waals surface area contributed by atoms with Gasteiger partial charge in [0.1, 0.15) is 0 Å². The number of para-hydroxylation sites is 1. The van der Waals surface area contributed by atoms with Crippen molar-refractivity contribution in [1.29, 1.82) is 0 Å². The monoisotopic (exact) mass is 464 g/mol. The van der Waals surface area contributed by atoms with Gasteiger partial charge in [-0.1, -0.05) is 62.2 Å². The number of piperidine rings is 1. The highest BCUT2D eigenvalue weighted by Gasteiger charge is 2.63. The number of rotatable bonds is 5. The van der Waals surface area contributed by atoms with Crippen molar-refractivity contribution in [3.63, 3.8) is 0 Å². The van der Waals surface area contributed by atoms with E-state index in [1.54, 1.807) is 25.1 Å². The number of nitrogens with zero attached hydrogens (tertiary/aromatic N) is 2. The summed E-state index contributed by atoms with van der Waals surface area (Å²) < 4.78 is 19.7. The molecule has 2 aliphatic heterocycles. The molecule has 1 saturated carbocycles. The Hall–Kier alpha value is -2.89. The molecule has 2 bridgehead atoms. The van der Waals surface area contributed by atoms with Gasteiger partial charge < -0.3 is 14.5 Å². The molecule has 2 saturated heterocycles. The number of amides is 2. The van der Waals surface area contributed by atoms with E-state index in [9.17, 15) is 14.0 Å². The van der Waals surface area contributed by atoms with Gasteiger partial charge in [0.25, 0.3) is 5.91 Å². The van der Waals surface area contributed by atoms with Gasteiger partial charge in [-0.25, -0.2) is 4.39 Å². The second kappa shape index (κ2) is 9.05. The van der Waals surface area contributed by atoms with E-state index in [1.165, 1.54) is 6.07 Å². The number of benzene rings is 2. The van der Waals surface area contributed by atoms with Gasteiger partial charge in [-0.05, 0) is 43.4 Å². The third-order valence-corrected chi connectivity index (χ3v) is 8.33. The molecule has 0 spiro atoms. The Labute approximate surface area is 200 Å². The SMILES string of the molecule is CC(=O)N1[C@@H](Cc2ccccc2)[C@@H]2C[C@@]3(C)[C@H](CCCC[C@@H]13)N2C(=O)COc1ccccc1F. The van der Waals surface area contributed by atoms with Crippen molar-refractivity contribution in [2.45, 2.75) is 76.5 Å². The molecular weight excluding hydrogens is 431 g/mol. The van der Waals surface area contributed by atoms with Gasteiger partial charge >= 0.3 is 0 Å². The largest absolute Gasteiger partial charge is 0.481 e. The van der Waals surface area contributed by atoms with Crippen LogP contribution >= 0.6 is 0 Å². The van der Waals surface area contributed by atoms with Crippen molar-refractivity contribution >= 4 is 11.8 Å². The van der Waals surface area contributed by atoms with Gasteiger partial charge in [0.2, 0.25) is 5.91 Å². The van der Waals surface area contributed by atoms with E-state index in [0.29, 0.717) is 6.42 Å². The number of fused-ring (bicyclic) bond motifs is 1. The summed E-state index contributed by atoms with van der Waals surface area (Å²) in [6.07, 6.45) is 5.59. The molecule has 34 heavy (non-hydrogen) atoms. The molecule has 180 valence electrons. The van der Waals surface area contributed by atoms with Crippen LogP contribution in [0.1, 0.15) is 51.5 Å². The zero-order valence-electron chi connectivity index (χ0n) is 20.0. The number of hydrogen-bond donors (Lipinski definition) is 0. The summed E-state index contributed by atoms with van der Waals surface area (Å²) in [6.45, 7) is 3.73. The molecule has 0 aromatic heterocycles. The molecule has 0 radical (unpaired) electrons. The van der Waals surface area contributed by atoms with Crippen LogP contribution in [-0.4, -0.2) is 52.4 Å². The molecule has 3 aliphatic rings. The Morgan fingerprint density at radius 1 is 1.00 bits per heavy atom. The second-order valence-electron chi connectivity index (χ2n) is 10.3. The normalized spacial score (nSPS) is 30.1. The van der Waals surface area contributed by atoms with Crippen LogP contribution < -0.4 is 4.74 Å². The average Bonchev–Trinajstić information content (AvgIpc) is 2.97. The Kier molecular flexibility index (Phi) is 6.09. The summed E-state index contributed by atoms with van der Waals surface area (Å²) >= 11 is 0. The van der Waals surface area contributed by atoms with Gasteiger partial charge in [-0.2, -0.15) is 0 Å². The lowest BCUT2D eigenvalue weighted by Gasteiger charge is -2.50. The van der Waals surface area contributed by atoms with Gasteiger partial charge in [0, 0.05) is 24.4 Å². The van der Waals surface area contributed by atoms with Gasteiger partial charge in [0.15, 0.2) is 18.2 Å². The quantitative estimate of drug-likeness (QED) is 0.650. The molecular formula is C28H33FN2O3. The summed E-state index contributed by atoms with van der Waals surface area (Å²) in [5, 5.41) is 0. The van der Waals surface area contributed by atoms with Gasteiger partial charge in [-0.15, -0.1) is 0 Å². The molecule has 2 aromatic carbocycles. The highest BCUT2D eigenvalue weighted by Crippen LogP contribution is 2.55. The van der Waals surface area contributed by atoms with E-state index in [0.717, 1.165) is 37.7 Å². The van der Waals surface area contributed by atoms with Crippen LogP contribution in [0.25, 0.3) is 0 Å². The highest BCUT2D eigenvalue weighted by molar-refractivity contribution is 5.80. The van der Waals surface area contributed by atoms with Crippen LogP contribution in [0, 0.1) is 11.2 Å². The highest BCUT2D eigenvalue weighted by atomic mass is 19.1. The standard InChI is InChI=1S/C28H33FN2O3/c1-19(32)30-22(16-20-10-4-3-5-11-20)23-17-28(2)25(30)14-8-9-15-26(28)31(23)27(33)18-34-24-13-7-6-12-21(24)29/h3-7,10-13,22-23,25-26H,8-9,14-18H2,1-2H3/t22-,23-,25+,26-,28+/m0/s1. The first-order chi connectivity index (χ1) is 16.4. The number of hydrogen-bond acceptors (Lipinski definition) is 3. The van der Waals surface area contributed by atoms with Gasteiger partial charge in [0.05, 0.1) is 12.1 Å². The fourth-order valence-electron chi connectivity index (χ4n) is 6.94. The van der Waals surface area contributed by atoms with Crippen molar-refractivity contribution in [2.24, 2.45) is 5.41 Å². The second-order valence-corrected chi connectivity index (χ2v) is 10.3. The molecule has 2 heterocycles. The Morgan fingerprint density at radius 2 is 1.65 bits per heavy atom. The molecule has 5 nitrogen and oxygen atoms in total. The van der Waals surface area contributed by atoms with E-state index < -0.39 is 5.82 Å². The lowest BCUT2D eigenvalue weighted by molar-refractivity contribution is -0.143. The summed E-state index contributed by atoms with van der Waals surface area (Å²) in [6, 6.07) is 16.4. The van der Waals surface area contributed by atoms with Crippen molar-refractivity contribution in [1.82, 2.24) is 9.80 Å². The first-order valence-corrected chi connectivity index (χ1v) is 12.4. The topological polar surface area (TPSA) is 49.9 Å². The lowest BCUT2D eigenvalue weighted by atomic mass is 9.69. The van der Waals surface area contributed by atoms with Crippen molar-refractivity contribution in [2.75, 3.05) is 6.61 Å². The summed E-state index contributed by atoms with van der Waals surface area (Å²) in [5.41, 5.74) is 1.02. The zero-order chi connectivity index (χ0) is 23.9. The van der Waals surface area contributed by atoms with E-state index in [1.807, 2.05) is 23.1 Å². The first-order valence-electron chi connectivity index (χ1n) is 12.4. The van der Waals surface area contributed by atoms with Crippen LogP contribution in [0.3, 0.4) is 0 Å². The van der Waals surface area contributed by atoms with Crippen molar-refractivity contribution in [3.05, 3.63) is 66.0 Å². The summed E-state index contributed by atoms with van der Waals surface area (Å²) in [5.74, 6) is -0.415. The summed E-state index contributed by atoms with van der Waals surface area (Å²) in [7, 11) is 0. The maximum atomic E-state index is 14.1. The Balaban J connectivity index is 1.49. The van der Waals surface area contributed by atoms with Crippen molar-refractivity contribution < 1.29 is 18.7 Å². The molecule has 1 aliphatic carbocycles. The smallest absolute Gasteiger partial charge is 0.261 e. The Morgan fingerprint density at radius 3 is 2.32 bits per heavy atom. The molecule has 0 unspecified atom stereocenters. The fourth-order valence-corrected chi connectivity index (χ4v) is 6.94. The maximum absolute atomic E-state index is 14.1. The molecule has 5 rings (SSSR count). The molecule has 6 heteroatoms. The van der Waals surface area contributed by atoms with Crippen molar-refractivity contribution in [3.8, 4) is 5.75 Å². The van der Waals surface area contributed by atoms with Crippen LogP contribution in [0.2, 0.25) is 0 Å². The minimum atomic E-state index is -0.471. The van der Waals surface area contributed by atoms with Crippen LogP contribution in [-0.2, 0) is 16.0 Å². The van der Waals surface area contributed by atoms with E-state index in [-0.39, 0.29) is 53.8 Å². The molecule has 3 fully saturated rings. The number of halogens is 1. The van der Waals surface area contributed by atoms with E-state index in [4.69, 9.17) is 4.74 Å². The minimum Gasteiger partial charge on any atom is -0.481 e.